The highest BCUT2D eigenvalue weighted by Crippen LogP contribution is 2.20. The Balaban J connectivity index is 3.88. The van der Waals surface area contributed by atoms with Crippen molar-refractivity contribution in [2.45, 2.75) is 103 Å². The van der Waals surface area contributed by atoms with Crippen LogP contribution in [0.3, 0.4) is 0 Å². The molecule has 3 unspecified atom stereocenters. The summed E-state index contributed by atoms with van der Waals surface area (Å²) in [5.74, 6) is 0. The molecule has 0 fully saturated rings. The van der Waals surface area contributed by atoms with Crippen LogP contribution in [0.2, 0.25) is 0 Å². The van der Waals surface area contributed by atoms with Crippen molar-refractivity contribution in [2.75, 3.05) is 0 Å². The van der Waals surface area contributed by atoms with Crippen LogP contribution in [-0.2, 0) is 9.78 Å². The predicted molar refractivity (Wildman–Crippen MR) is 99.4 cm³/mol. The van der Waals surface area contributed by atoms with Crippen LogP contribution >= 0.6 is 0 Å². The number of unbranched alkanes of at least 4 members (excludes halogenated alkanes) is 6. The van der Waals surface area contributed by atoms with E-state index in [4.69, 9.17) is 9.78 Å². The third kappa shape index (κ3) is 12.7. The van der Waals surface area contributed by atoms with Crippen molar-refractivity contribution in [1.82, 2.24) is 0 Å². The van der Waals surface area contributed by atoms with Crippen molar-refractivity contribution in [1.29, 1.82) is 0 Å². The Morgan fingerprint density at radius 3 is 2.21 bits per heavy atom. The topological polar surface area (TPSA) is 58.9 Å². The van der Waals surface area contributed by atoms with Crippen LogP contribution in [0.1, 0.15) is 85.0 Å². The quantitative estimate of drug-likeness (QED) is 0.135. The van der Waals surface area contributed by atoms with E-state index < -0.39 is 11.9 Å². The minimum absolute atomic E-state index is 0.347. The van der Waals surface area contributed by atoms with E-state index in [-0.39, 0.29) is 6.10 Å². The molecular weight excluding hydrogens is 304 g/mol. The van der Waals surface area contributed by atoms with Gasteiger partial charge in [-0.1, -0.05) is 58.1 Å². The zero-order chi connectivity index (χ0) is 18.4. The SMILES string of the molecule is C=CC(C)(O)CCC(OOC(O)CCCCCCCCC)C(=C)C. The van der Waals surface area contributed by atoms with Gasteiger partial charge in [-0.05, 0) is 38.7 Å². The first-order valence-electron chi connectivity index (χ1n) is 9.34. The molecule has 0 bridgehead atoms. The largest absolute Gasteiger partial charge is 0.386 e. The van der Waals surface area contributed by atoms with Gasteiger partial charge in [-0.3, -0.25) is 0 Å². The summed E-state index contributed by atoms with van der Waals surface area (Å²) in [7, 11) is 0. The van der Waals surface area contributed by atoms with Crippen molar-refractivity contribution in [3.63, 3.8) is 0 Å². The molecule has 0 radical (unpaired) electrons. The van der Waals surface area contributed by atoms with Gasteiger partial charge >= 0.3 is 0 Å². The normalized spacial score (nSPS) is 16.4. The molecule has 0 saturated heterocycles. The summed E-state index contributed by atoms with van der Waals surface area (Å²) >= 11 is 0. The van der Waals surface area contributed by atoms with Gasteiger partial charge in [-0.15, -0.1) is 6.58 Å². The zero-order valence-electron chi connectivity index (χ0n) is 15.9. The van der Waals surface area contributed by atoms with E-state index in [0.29, 0.717) is 19.3 Å². The molecule has 0 aliphatic heterocycles. The number of aliphatic hydroxyl groups excluding tert-OH is 1. The molecule has 0 spiro atoms. The molecule has 4 nitrogen and oxygen atoms in total. The third-order valence-corrected chi connectivity index (χ3v) is 4.24. The Kier molecular flexibility index (Phi) is 13.2. The molecule has 0 rings (SSSR count). The second-order valence-electron chi connectivity index (χ2n) is 6.99. The molecule has 0 saturated carbocycles. The van der Waals surface area contributed by atoms with Gasteiger partial charge in [0.2, 0.25) is 0 Å². The fraction of sp³-hybridized carbons (Fsp3) is 0.800. The summed E-state index contributed by atoms with van der Waals surface area (Å²) in [6.07, 6.45) is 10.2. The van der Waals surface area contributed by atoms with Gasteiger partial charge < -0.3 is 10.2 Å². The Bertz CT molecular complexity index is 339. The average Bonchev–Trinajstić information content (AvgIpc) is 2.53. The Hall–Kier alpha value is -0.680. The summed E-state index contributed by atoms with van der Waals surface area (Å²) in [5, 5.41) is 19.8. The van der Waals surface area contributed by atoms with Gasteiger partial charge in [0.15, 0.2) is 6.29 Å². The van der Waals surface area contributed by atoms with Gasteiger partial charge in [0, 0.05) is 6.42 Å². The van der Waals surface area contributed by atoms with Crippen LogP contribution in [-0.4, -0.2) is 28.2 Å². The zero-order valence-corrected chi connectivity index (χ0v) is 15.9. The lowest BCUT2D eigenvalue weighted by atomic mass is 9.96. The molecule has 3 atom stereocenters. The molecule has 0 heterocycles. The molecule has 0 aromatic rings. The first-order valence-corrected chi connectivity index (χ1v) is 9.34. The van der Waals surface area contributed by atoms with Crippen molar-refractivity contribution in [2.24, 2.45) is 0 Å². The van der Waals surface area contributed by atoms with Crippen LogP contribution in [0.4, 0.5) is 0 Å². The minimum atomic E-state index is -0.937. The van der Waals surface area contributed by atoms with Crippen molar-refractivity contribution >= 4 is 0 Å². The highest BCUT2D eigenvalue weighted by Gasteiger charge is 2.21. The summed E-state index contributed by atoms with van der Waals surface area (Å²) in [5.41, 5.74) is -0.133. The molecule has 0 aliphatic rings. The lowest BCUT2D eigenvalue weighted by molar-refractivity contribution is -0.387. The molecule has 2 N–H and O–H groups in total. The molecule has 4 heteroatoms. The number of aliphatic hydroxyl groups is 2. The monoisotopic (exact) mass is 342 g/mol. The number of rotatable bonds is 16. The van der Waals surface area contributed by atoms with Gasteiger partial charge in [-0.2, -0.15) is 0 Å². The van der Waals surface area contributed by atoms with Gasteiger partial charge in [0.1, 0.15) is 6.10 Å². The van der Waals surface area contributed by atoms with Crippen LogP contribution in [0, 0.1) is 0 Å². The lowest BCUT2D eigenvalue weighted by Gasteiger charge is -2.23. The summed E-state index contributed by atoms with van der Waals surface area (Å²) < 4.78 is 0. The number of hydrogen-bond donors (Lipinski definition) is 2. The first kappa shape index (κ1) is 23.3. The molecule has 0 aliphatic carbocycles. The van der Waals surface area contributed by atoms with Crippen LogP contribution in [0.15, 0.2) is 24.8 Å². The maximum atomic E-state index is 9.96. The third-order valence-electron chi connectivity index (χ3n) is 4.24. The Labute approximate surface area is 148 Å². The van der Waals surface area contributed by atoms with E-state index in [1.807, 2.05) is 6.92 Å². The van der Waals surface area contributed by atoms with Gasteiger partial charge in [0.05, 0.1) is 5.60 Å². The highest BCUT2D eigenvalue weighted by molar-refractivity contribution is 5.00. The van der Waals surface area contributed by atoms with E-state index in [2.05, 4.69) is 20.1 Å². The van der Waals surface area contributed by atoms with Crippen molar-refractivity contribution in [3.8, 4) is 0 Å². The molecule has 142 valence electrons. The predicted octanol–water partition coefficient (Wildman–Crippen LogP) is 5.06. The smallest absolute Gasteiger partial charge is 0.188 e. The fourth-order valence-corrected chi connectivity index (χ4v) is 2.36. The van der Waals surface area contributed by atoms with E-state index in [1.54, 1.807) is 6.92 Å². The maximum absolute atomic E-state index is 9.96. The lowest BCUT2D eigenvalue weighted by Crippen LogP contribution is -2.26. The second kappa shape index (κ2) is 13.6. The summed E-state index contributed by atoms with van der Waals surface area (Å²) in [6.45, 7) is 13.2. The minimum Gasteiger partial charge on any atom is -0.386 e. The fourth-order valence-electron chi connectivity index (χ4n) is 2.36. The van der Waals surface area contributed by atoms with Gasteiger partial charge in [0.25, 0.3) is 0 Å². The van der Waals surface area contributed by atoms with E-state index >= 15 is 0 Å². The standard InChI is InChI=1S/C20H38O4/c1-6-8-9-10-11-12-13-14-19(21)24-23-18(17(3)4)15-16-20(5,22)7-2/h7,18-19,21-22H,2-3,6,8-16H2,1,4-5H3. The summed E-state index contributed by atoms with van der Waals surface area (Å²) in [4.78, 5) is 10.4. The van der Waals surface area contributed by atoms with E-state index in [0.717, 1.165) is 18.4 Å². The van der Waals surface area contributed by atoms with Crippen LogP contribution in [0.25, 0.3) is 0 Å². The molecule has 0 aromatic carbocycles. The Morgan fingerprint density at radius 2 is 1.67 bits per heavy atom. The molecule has 0 aromatic heterocycles. The van der Waals surface area contributed by atoms with E-state index in [1.165, 1.54) is 38.2 Å². The number of hydrogen-bond acceptors (Lipinski definition) is 4. The van der Waals surface area contributed by atoms with Crippen LogP contribution < -0.4 is 0 Å². The van der Waals surface area contributed by atoms with Crippen LogP contribution in [0.5, 0.6) is 0 Å². The first-order chi connectivity index (χ1) is 11.3. The van der Waals surface area contributed by atoms with Crippen molar-refractivity contribution < 1.29 is 20.0 Å². The maximum Gasteiger partial charge on any atom is 0.188 e. The second-order valence-corrected chi connectivity index (χ2v) is 6.99. The van der Waals surface area contributed by atoms with Crippen molar-refractivity contribution in [3.05, 3.63) is 24.8 Å². The Morgan fingerprint density at radius 1 is 1.08 bits per heavy atom. The highest BCUT2D eigenvalue weighted by atomic mass is 17.2. The van der Waals surface area contributed by atoms with E-state index in [9.17, 15) is 10.2 Å². The molecule has 0 amide bonds. The van der Waals surface area contributed by atoms with Gasteiger partial charge in [-0.25, -0.2) is 9.78 Å². The molecular formula is C20H38O4. The average molecular weight is 343 g/mol. The summed E-state index contributed by atoms with van der Waals surface area (Å²) in [6, 6.07) is 0. The molecule has 24 heavy (non-hydrogen) atoms.